The first-order valence-electron chi connectivity index (χ1n) is 14.1. The Bertz CT molecular complexity index is 1690. The minimum absolute atomic E-state index is 0.231. The molecular formula is C33H30BrF3N2O4. The van der Waals surface area contributed by atoms with E-state index in [0.29, 0.717) is 42.3 Å². The quantitative estimate of drug-likeness (QED) is 0.175. The lowest BCUT2D eigenvalue weighted by Crippen LogP contribution is -2.61. The number of hydrogen-bond acceptors (Lipinski definition) is 5. The Balaban J connectivity index is 1.44. The van der Waals surface area contributed by atoms with Gasteiger partial charge >= 0.3 is 12.3 Å². The van der Waals surface area contributed by atoms with Crippen LogP contribution in [0.25, 0.3) is 22.2 Å². The molecule has 4 aromatic rings. The highest BCUT2D eigenvalue weighted by Gasteiger charge is 2.58. The highest BCUT2D eigenvalue weighted by atomic mass is 79.9. The van der Waals surface area contributed by atoms with Crippen molar-refractivity contribution in [3.8, 4) is 17.0 Å². The topological polar surface area (TPSA) is 91.7 Å². The number of benzene rings is 3. The van der Waals surface area contributed by atoms with Gasteiger partial charge in [0.2, 0.25) is 0 Å². The number of ether oxygens (including phenoxy) is 1. The second kappa shape index (κ2) is 10.9. The number of pyridine rings is 1. The lowest BCUT2D eigenvalue weighted by molar-refractivity contribution is -0.274. The summed E-state index contributed by atoms with van der Waals surface area (Å²) in [5.74, 6) is -1.74. The van der Waals surface area contributed by atoms with Crippen LogP contribution in [0.4, 0.5) is 13.2 Å². The molecule has 1 heterocycles. The number of hydrogen-bond donors (Lipinski definition) is 3. The third-order valence-corrected chi connectivity index (χ3v) is 9.79. The van der Waals surface area contributed by atoms with Gasteiger partial charge in [-0.25, -0.2) is 4.98 Å². The number of aliphatic hydroxyl groups excluding tert-OH is 1. The smallest absolute Gasteiger partial charge is 0.481 e. The molecule has 1 unspecified atom stereocenters. The molecule has 0 amide bonds. The molecule has 3 aromatic carbocycles. The molecule has 0 radical (unpaired) electrons. The van der Waals surface area contributed by atoms with Crippen LogP contribution < -0.4 is 10.1 Å². The second-order valence-corrected chi connectivity index (χ2v) is 12.6. The molecule has 2 atom stereocenters. The first-order valence-corrected chi connectivity index (χ1v) is 14.9. The van der Waals surface area contributed by atoms with Crippen LogP contribution in [0.3, 0.4) is 0 Å². The van der Waals surface area contributed by atoms with Crippen molar-refractivity contribution in [3.05, 3.63) is 94.0 Å². The van der Waals surface area contributed by atoms with E-state index in [1.165, 1.54) is 18.2 Å². The van der Waals surface area contributed by atoms with Gasteiger partial charge in [0.05, 0.1) is 16.6 Å². The van der Waals surface area contributed by atoms with E-state index in [1.807, 2.05) is 55.5 Å². The number of carboxylic acids is 1. The fourth-order valence-electron chi connectivity index (χ4n) is 7.15. The summed E-state index contributed by atoms with van der Waals surface area (Å²) in [6.07, 6.45) is -4.14. The summed E-state index contributed by atoms with van der Waals surface area (Å²) in [6, 6.07) is 21.1. The van der Waals surface area contributed by atoms with Gasteiger partial charge in [0.25, 0.3) is 0 Å². The van der Waals surface area contributed by atoms with E-state index in [1.54, 1.807) is 6.07 Å². The number of rotatable bonds is 7. The predicted molar refractivity (Wildman–Crippen MR) is 159 cm³/mol. The van der Waals surface area contributed by atoms with Crippen LogP contribution in [0, 0.1) is 12.3 Å². The minimum atomic E-state index is -4.86. The average molecular weight is 656 g/mol. The van der Waals surface area contributed by atoms with Gasteiger partial charge in [-0.15, -0.1) is 13.2 Å². The zero-order valence-corrected chi connectivity index (χ0v) is 24.9. The van der Waals surface area contributed by atoms with Crippen molar-refractivity contribution >= 4 is 32.8 Å². The molecule has 2 bridgehead atoms. The van der Waals surface area contributed by atoms with Crippen molar-refractivity contribution in [1.29, 1.82) is 0 Å². The Hall–Kier alpha value is -3.47. The van der Waals surface area contributed by atoms with Crippen LogP contribution in [0.5, 0.6) is 5.75 Å². The maximum atomic E-state index is 13.1. The number of nitrogens with zero attached hydrogens (tertiary/aromatic N) is 1. The van der Waals surface area contributed by atoms with Gasteiger partial charge in [0.1, 0.15) is 12.0 Å². The van der Waals surface area contributed by atoms with Gasteiger partial charge in [0, 0.05) is 32.4 Å². The SMILES string of the molecule is Cc1c(-c2ccccc2)nc2ccc(Br)cc2c1C(O)NC12CCC(C(=O)O)(CC1)C[C@@H]2c1cccc(OC(F)(F)F)c1. The number of carbonyl (C=O) groups is 1. The molecule has 3 fully saturated rings. The van der Waals surface area contributed by atoms with Crippen molar-refractivity contribution < 1.29 is 32.9 Å². The van der Waals surface area contributed by atoms with Crippen molar-refractivity contribution in [2.75, 3.05) is 0 Å². The second-order valence-electron chi connectivity index (χ2n) is 11.7. The number of nitrogens with one attached hydrogen (secondary N) is 1. The number of carboxylic acid groups (broad SMARTS) is 1. The first-order chi connectivity index (χ1) is 20.4. The number of aliphatic hydroxyl groups is 1. The lowest BCUT2D eigenvalue weighted by Gasteiger charge is -2.57. The maximum absolute atomic E-state index is 13.1. The van der Waals surface area contributed by atoms with Crippen molar-refractivity contribution in [3.63, 3.8) is 0 Å². The molecule has 3 aliphatic carbocycles. The van der Waals surface area contributed by atoms with E-state index in [2.05, 4.69) is 26.0 Å². The Kier molecular flexibility index (Phi) is 7.51. The van der Waals surface area contributed by atoms with Crippen LogP contribution >= 0.6 is 15.9 Å². The van der Waals surface area contributed by atoms with E-state index in [0.717, 1.165) is 26.7 Å². The molecule has 0 spiro atoms. The summed E-state index contributed by atoms with van der Waals surface area (Å²) in [6.45, 7) is 1.92. The number of aliphatic carboxylic acids is 1. The molecule has 0 aliphatic heterocycles. The summed E-state index contributed by atoms with van der Waals surface area (Å²) in [7, 11) is 0. The summed E-state index contributed by atoms with van der Waals surface area (Å²) in [4.78, 5) is 17.4. The van der Waals surface area contributed by atoms with Crippen molar-refractivity contribution in [1.82, 2.24) is 10.3 Å². The number of alkyl halides is 3. The zero-order chi connectivity index (χ0) is 30.6. The Morgan fingerprint density at radius 1 is 1.05 bits per heavy atom. The third-order valence-electron chi connectivity index (χ3n) is 9.29. The van der Waals surface area contributed by atoms with Gasteiger partial charge in [-0.3, -0.25) is 10.1 Å². The van der Waals surface area contributed by atoms with Crippen LogP contribution in [-0.4, -0.2) is 33.1 Å². The Morgan fingerprint density at radius 2 is 1.77 bits per heavy atom. The Labute approximate surface area is 255 Å². The van der Waals surface area contributed by atoms with Crippen LogP contribution in [0.2, 0.25) is 0 Å². The van der Waals surface area contributed by atoms with Gasteiger partial charge < -0.3 is 14.9 Å². The third kappa shape index (κ3) is 5.52. The monoisotopic (exact) mass is 654 g/mol. The van der Waals surface area contributed by atoms with Crippen LogP contribution in [0.1, 0.15) is 60.9 Å². The van der Waals surface area contributed by atoms with E-state index in [4.69, 9.17) is 4.98 Å². The summed E-state index contributed by atoms with van der Waals surface area (Å²) in [5, 5.41) is 26.5. The fraction of sp³-hybridized carbons (Fsp3) is 0.333. The number of halogens is 4. The van der Waals surface area contributed by atoms with Crippen molar-refractivity contribution in [2.45, 2.75) is 63.1 Å². The van der Waals surface area contributed by atoms with Gasteiger partial charge in [0.15, 0.2) is 0 Å². The largest absolute Gasteiger partial charge is 0.573 e. The minimum Gasteiger partial charge on any atom is -0.481 e. The molecule has 3 saturated carbocycles. The summed E-state index contributed by atoms with van der Waals surface area (Å²) < 4.78 is 44.2. The number of aromatic nitrogens is 1. The molecular weight excluding hydrogens is 625 g/mol. The number of fused-ring (bicyclic) bond motifs is 4. The van der Waals surface area contributed by atoms with Crippen molar-refractivity contribution in [2.24, 2.45) is 5.41 Å². The average Bonchev–Trinajstić information content (AvgIpc) is 2.97. The van der Waals surface area contributed by atoms with Crippen LogP contribution in [0.15, 0.2) is 77.3 Å². The highest BCUT2D eigenvalue weighted by Crippen LogP contribution is 2.59. The van der Waals surface area contributed by atoms with E-state index >= 15 is 0 Å². The molecule has 3 aliphatic rings. The fourth-order valence-corrected chi connectivity index (χ4v) is 7.52. The first kappa shape index (κ1) is 29.6. The van der Waals surface area contributed by atoms with Gasteiger partial charge in [-0.1, -0.05) is 58.4 Å². The summed E-state index contributed by atoms with van der Waals surface area (Å²) in [5.41, 5.74) is 2.55. The molecule has 7 rings (SSSR count). The van der Waals surface area contributed by atoms with Gasteiger partial charge in [-0.2, -0.15) is 0 Å². The summed E-state index contributed by atoms with van der Waals surface area (Å²) >= 11 is 3.54. The maximum Gasteiger partial charge on any atom is 0.573 e. The van der Waals surface area contributed by atoms with Crippen LogP contribution in [-0.2, 0) is 4.79 Å². The molecule has 1 aromatic heterocycles. The Morgan fingerprint density at radius 3 is 2.44 bits per heavy atom. The molecule has 6 nitrogen and oxygen atoms in total. The molecule has 3 N–H and O–H groups in total. The highest BCUT2D eigenvalue weighted by molar-refractivity contribution is 9.10. The standard InChI is InChI=1S/C33H30BrF3N2O4/c1-19-27(24-17-22(34)10-11-26(24)38-28(19)20-6-3-2-4-7-20)29(40)39-32-14-12-31(13-15-32,30(41)42)18-25(32)21-8-5-9-23(16-21)43-33(35,36)37/h2-11,16-17,25,29,39-40H,12-15,18H2,1H3,(H,41,42)/t25-,29?,31?,32?/m1/s1. The van der Waals surface area contributed by atoms with E-state index < -0.39 is 35.4 Å². The lowest BCUT2D eigenvalue weighted by atomic mass is 9.51. The zero-order valence-electron chi connectivity index (χ0n) is 23.3. The van der Waals surface area contributed by atoms with Gasteiger partial charge in [-0.05, 0) is 80.5 Å². The molecule has 43 heavy (non-hydrogen) atoms. The normalized spacial score (nSPS) is 24.2. The molecule has 224 valence electrons. The van der Waals surface area contributed by atoms with E-state index in [-0.39, 0.29) is 12.2 Å². The predicted octanol–water partition coefficient (Wildman–Crippen LogP) is 8.02. The molecule has 0 saturated heterocycles. The van der Waals surface area contributed by atoms with E-state index in [9.17, 15) is 28.2 Å². The molecule has 10 heteroatoms.